The van der Waals surface area contributed by atoms with Crippen LogP contribution in [0.1, 0.15) is 19.4 Å². The number of para-hydroxylation sites is 1. The fourth-order valence-electron chi connectivity index (χ4n) is 3.95. The van der Waals surface area contributed by atoms with Crippen LogP contribution in [0, 0.1) is 0 Å². The number of carbonyl (C=O) groups is 2. The second kappa shape index (κ2) is 8.62. The van der Waals surface area contributed by atoms with E-state index >= 15 is 0 Å². The zero-order valence-corrected chi connectivity index (χ0v) is 20.0. The highest BCUT2D eigenvalue weighted by molar-refractivity contribution is 8.17. The molecule has 1 spiro atoms. The molecule has 0 saturated carbocycles. The van der Waals surface area contributed by atoms with Crippen LogP contribution in [0.4, 0.5) is 11.4 Å². The number of amides is 1. The fraction of sp³-hybridized carbons (Fsp3) is 0.120. The lowest BCUT2D eigenvalue weighted by molar-refractivity contribution is -0.131. The molecule has 3 aromatic carbocycles. The van der Waals surface area contributed by atoms with Crippen molar-refractivity contribution in [3.05, 3.63) is 95.5 Å². The van der Waals surface area contributed by atoms with Gasteiger partial charge in [-0.1, -0.05) is 66.2 Å². The summed E-state index contributed by atoms with van der Waals surface area (Å²) in [6.45, 7) is 2.91. The predicted molar refractivity (Wildman–Crippen MR) is 137 cm³/mol. The van der Waals surface area contributed by atoms with Crippen LogP contribution in [0.2, 0.25) is 5.02 Å². The molecule has 0 aromatic heterocycles. The van der Waals surface area contributed by atoms with Crippen molar-refractivity contribution in [3.8, 4) is 0 Å². The first-order chi connectivity index (χ1) is 16.4. The number of halogens is 1. The molecule has 1 unspecified atom stereocenters. The summed E-state index contributed by atoms with van der Waals surface area (Å²) in [6, 6.07) is 26.4. The molecule has 1 atom stereocenters. The molecule has 0 fully saturated rings. The van der Waals surface area contributed by atoms with Crippen LogP contribution in [-0.4, -0.2) is 32.7 Å². The number of amidine groups is 1. The van der Waals surface area contributed by atoms with E-state index in [1.54, 1.807) is 23.2 Å². The van der Waals surface area contributed by atoms with Crippen LogP contribution in [0.3, 0.4) is 0 Å². The Balaban J connectivity index is 1.79. The quantitative estimate of drug-likeness (QED) is 0.507. The van der Waals surface area contributed by atoms with Gasteiger partial charge < -0.3 is 0 Å². The van der Waals surface area contributed by atoms with Gasteiger partial charge in [-0.15, -0.1) is 5.10 Å². The highest BCUT2D eigenvalue weighted by Crippen LogP contribution is 2.51. The van der Waals surface area contributed by atoms with Gasteiger partial charge in [-0.2, -0.15) is 10.1 Å². The van der Waals surface area contributed by atoms with Crippen LogP contribution in [0.5, 0.6) is 0 Å². The molecular formula is C25H20ClN5O2S. The maximum Gasteiger partial charge on any atom is 0.296 e. The van der Waals surface area contributed by atoms with Gasteiger partial charge in [-0.3, -0.25) is 14.5 Å². The first kappa shape index (κ1) is 22.2. The largest absolute Gasteiger partial charge is 0.296 e. The molecular weight excluding hydrogens is 470 g/mol. The number of anilines is 2. The Kier molecular flexibility index (Phi) is 5.63. The molecule has 0 saturated heterocycles. The van der Waals surface area contributed by atoms with Crippen LogP contribution < -0.4 is 9.91 Å². The van der Waals surface area contributed by atoms with Gasteiger partial charge in [0, 0.05) is 30.1 Å². The lowest BCUT2D eigenvalue weighted by atomic mass is 10.1. The van der Waals surface area contributed by atoms with E-state index < -0.39 is 5.12 Å². The number of hydrazone groups is 2. The Morgan fingerprint density at radius 3 is 2.12 bits per heavy atom. The third kappa shape index (κ3) is 3.55. The highest BCUT2D eigenvalue weighted by atomic mass is 35.5. The van der Waals surface area contributed by atoms with Crippen molar-refractivity contribution in [1.82, 2.24) is 5.01 Å². The maximum atomic E-state index is 13.1. The summed E-state index contributed by atoms with van der Waals surface area (Å²) in [7, 11) is 0. The molecule has 0 aliphatic carbocycles. The third-order valence-corrected chi connectivity index (χ3v) is 6.97. The van der Waals surface area contributed by atoms with Crippen LogP contribution in [-0.2, 0) is 9.59 Å². The van der Waals surface area contributed by atoms with Crippen molar-refractivity contribution in [3.63, 3.8) is 0 Å². The number of carbonyl (C=O) groups excluding carboxylic acids is 2. The van der Waals surface area contributed by atoms with Crippen LogP contribution >= 0.6 is 23.4 Å². The van der Waals surface area contributed by atoms with E-state index in [1.165, 1.54) is 30.6 Å². The lowest BCUT2D eigenvalue weighted by Crippen LogP contribution is -2.63. The van der Waals surface area contributed by atoms with Crippen LogP contribution in [0.15, 0.2) is 95.1 Å². The lowest BCUT2D eigenvalue weighted by Gasteiger charge is -2.44. The molecule has 2 aliphatic rings. The molecule has 2 aliphatic heterocycles. The summed E-state index contributed by atoms with van der Waals surface area (Å²) in [5.74, 6) is 0.0477. The molecule has 7 nitrogen and oxygen atoms in total. The summed E-state index contributed by atoms with van der Waals surface area (Å²) >= 11 is 7.50. The number of rotatable bonds is 4. The minimum Gasteiger partial charge on any atom is -0.292 e. The average Bonchev–Trinajstić information content (AvgIpc) is 3.40. The molecule has 5 rings (SSSR count). The van der Waals surface area contributed by atoms with Crippen molar-refractivity contribution in [2.24, 2.45) is 10.2 Å². The average molecular weight is 490 g/mol. The number of Topliss-reactive ketones (excluding diaryl/α,β-unsaturated/α-hetero) is 1. The summed E-state index contributed by atoms with van der Waals surface area (Å²) in [6.07, 6.45) is 0. The van der Waals surface area contributed by atoms with Gasteiger partial charge in [0.1, 0.15) is 0 Å². The molecule has 0 N–H and O–H groups in total. The van der Waals surface area contributed by atoms with Gasteiger partial charge in [0.15, 0.2) is 16.7 Å². The van der Waals surface area contributed by atoms with Gasteiger partial charge in [0.2, 0.25) is 5.91 Å². The summed E-state index contributed by atoms with van der Waals surface area (Å²) < 4.78 is 0. The van der Waals surface area contributed by atoms with Gasteiger partial charge in [0.05, 0.1) is 5.69 Å². The number of ketones is 1. The topological polar surface area (TPSA) is 68.6 Å². The normalized spacial score (nSPS) is 19.4. The molecule has 0 radical (unpaired) electrons. The van der Waals surface area contributed by atoms with E-state index in [0.29, 0.717) is 16.5 Å². The first-order valence-electron chi connectivity index (χ1n) is 10.6. The molecule has 170 valence electrons. The summed E-state index contributed by atoms with van der Waals surface area (Å²) in [4.78, 5) is 27.5. The van der Waals surface area contributed by atoms with Crippen molar-refractivity contribution in [2.45, 2.75) is 19.0 Å². The second-order valence-electron chi connectivity index (χ2n) is 7.72. The maximum absolute atomic E-state index is 13.1. The van der Waals surface area contributed by atoms with Gasteiger partial charge in [0.25, 0.3) is 5.12 Å². The molecule has 2 heterocycles. The van der Waals surface area contributed by atoms with Crippen molar-refractivity contribution in [1.29, 1.82) is 0 Å². The molecule has 1 amide bonds. The van der Waals surface area contributed by atoms with Crippen molar-refractivity contribution >= 4 is 57.3 Å². The first-order valence-corrected chi connectivity index (χ1v) is 11.8. The third-order valence-electron chi connectivity index (χ3n) is 5.37. The Bertz CT molecular complexity index is 1330. The molecule has 34 heavy (non-hydrogen) atoms. The van der Waals surface area contributed by atoms with Crippen molar-refractivity contribution in [2.75, 3.05) is 9.91 Å². The monoisotopic (exact) mass is 489 g/mol. The van der Waals surface area contributed by atoms with Crippen molar-refractivity contribution < 1.29 is 9.59 Å². The smallest absolute Gasteiger partial charge is 0.292 e. The summed E-state index contributed by atoms with van der Waals surface area (Å²) in [5, 5.41) is 11.9. The Labute approximate surface area is 206 Å². The van der Waals surface area contributed by atoms with E-state index in [4.69, 9.17) is 16.7 Å². The number of thioether (sulfide) groups is 1. The van der Waals surface area contributed by atoms with E-state index in [0.717, 1.165) is 11.3 Å². The molecule has 0 bridgehead atoms. The van der Waals surface area contributed by atoms with Gasteiger partial charge >= 0.3 is 0 Å². The zero-order valence-electron chi connectivity index (χ0n) is 18.4. The minimum absolute atomic E-state index is 0.210. The van der Waals surface area contributed by atoms with E-state index in [2.05, 4.69) is 5.10 Å². The predicted octanol–water partition coefficient (Wildman–Crippen LogP) is 5.14. The van der Waals surface area contributed by atoms with E-state index in [-0.39, 0.29) is 16.7 Å². The minimum atomic E-state index is -1.33. The second-order valence-corrected chi connectivity index (χ2v) is 9.30. The van der Waals surface area contributed by atoms with Gasteiger partial charge in [-0.05, 0) is 42.1 Å². The highest BCUT2D eigenvalue weighted by Gasteiger charge is 2.61. The van der Waals surface area contributed by atoms with Gasteiger partial charge in [-0.25, -0.2) is 5.01 Å². The Morgan fingerprint density at radius 1 is 0.853 bits per heavy atom. The standard InChI is InChI=1S/C25H20ClN5O2S/c1-17(32)24-28-31(22-15-9-12-20(26)16-22)25(34-24)29(21-13-7-4-8-14-21)23(27-30(25)18(2)33)19-10-5-3-6-11-19/h3-16H,1-2H3. The zero-order chi connectivity index (χ0) is 23.9. The number of hydrogen-bond acceptors (Lipinski definition) is 7. The SMILES string of the molecule is CC(=O)C1=NN(c2cccc(Cl)c2)C2(S1)N(C(C)=O)N=C(c1ccccc1)N2c1ccccc1. The molecule has 9 heteroatoms. The van der Waals surface area contributed by atoms with Crippen LogP contribution in [0.25, 0.3) is 0 Å². The Morgan fingerprint density at radius 2 is 1.50 bits per heavy atom. The fourth-order valence-corrected chi connectivity index (χ4v) is 5.43. The molecule has 3 aromatic rings. The number of nitrogens with zero attached hydrogens (tertiary/aromatic N) is 5. The van der Waals surface area contributed by atoms with E-state index in [9.17, 15) is 9.59 Å². The van der Waals surface area contributed by atoms with E-state index in [1.807, 2.05) is 71.6 Å². The Hall–Kier alpha value is -3.62. The number of benzene rings is 3. The number of hydrogen-bond donors (Lipinski definition) is 0. The summed E-state index contributed by atoms with van der Waals surface area (Å²) in [5.41, 5.74) is 2.22.